The highest BCUT2D eigenvalue weighted by atomic mass is 16.5. The molecule has 94 valence electrons. The quantitative estimate of drug-likeness (QED) is 0.663. The summed E-state index contributed by atoms with van der Waals surface area (Å²) < 4.78 is 5.46. The fourth-order valence-electron chi connectivity index (χ4n) is 2.53. The summed E-state index contributed by atoms with van der Waals surface area (Å²) in [5, 5.41) is 0. The van der Waals surface area contributed by atoms with Gasteiger partial charge in [-0.1, -0.05) is 39.5 Å². The zero-order valence-electron chi connectivity index (χ0n) is 11.0. The van der Waals surface area contributed by atoms with Gasteiger partial charge in [0.2, 0.25) is 0 Å². The normalized spacial score (nSPS) is 26.9. The van der Waals surface area contributed by atoms with Crippen LogP contribution in [0.5, 0.6) is 0 Å². The van der Waals surface area contributed by atoms with Gasteiger partial charge in [0.25, 0.3) is 0 Å². The molecule has 2 heteroatoms. The van der Waals surface area contributed by atoms with Crippen molar-refractivity contribution in [1.82, 2.24) is 0 Å². The van der Waals surface area contributed by atoms with E-state index in [9.17, 15) is 4.79 Å². The average Bonchev–Trinajstić information content (AvgIpc) is 2.70. The average molecular weight is 226 g/mol. The maximum Gasteiger partial charge on any atom is 0.138 e. The van der Waals surface area contributed by atoms with E-state index in [-0.39, 0.29) is 12.0 Å². The maximum atomic E-state index is 12.1. The molecule has 0 saturated carbocycles. The van der Waals surface area contributed by atoms with E-state index in [4.69, 9.17) is 4.74 Å². The van der Waals surface area contributed by atoms with Crippen LogP contribution in [-0.2, 0) is 9.53 Å². The van der Waals surface area contributed by atoms with E-state index in [0.717, 1.165) is 25.9 Å². The lowest BCUT2D eigenvalue weighted by molar-refractivity contribution is -0.125. The second-order valence-corrected chi connectivity index (χ2v) is 5.06. The number of carbonyl (C=O) groups is 1. The fraction of sp³-hybridized carbons (Fsp3) is 0.929. The molecular weight excluding hydrogens is 200 g/mol. The Kier molecular flexibility index (Phi) is 6.04. The van der Waals surface area contributed by atoms with Crippen LogP contribution in [0.3, 0.4) is 0 Å². The predicted molar refractivity (Wildman–Crippen MR) is 66.5 cm³/mol. The molecule has 16 heavy (non-hydrogen) atoms. The highest BCUT2D eigenvalue weighted by Crippen LogP contribution is 2.26. The van der Waals surface area contributed by atoms with Crippen molar-refractivity contribution in [3.63, 3.8) is 0 Å². The molecule has 1 saturated heterocycles. The molecule has 2 nitrogen and oxygen atoms in total. The summed E-state index contributed by atoms with van der Waals surface area (Å²) in [6, 6.07) is 0. The molecule has 0 bridgehead atoms. The molecule has 0 N–H and O–H groups in total. The molecule has 1 aliphatic rings. The standard InChI is InChI=1S/C14H26O2/c1-4-6-7-12(5-2)10-14(15)13-8-9-16-11(13)3/h11-13H,4-10H2,1-3H3. The molecule has 0 aromatic heterocycles. The molecule has 0 aromatic carbocycles. The van der Waals surface area contributed by atoms with Gasteiger partial charge in [0.15, 0.2) is 0 Å². The largest absolute Gasteiger partial charge is 0.378 e. The lowest BCUT2D eigenvalue weighted by Crippen LogP contribution is -2.23. The van der Waals surface area contributed by atoms with Crippen LogP contribution in [0.2, 0.25) is 0 Å². The Bertz CT molecular complexity index is 213. The highest BCUT2D eigenvalue weighted by Gasteiger charge is 2.31. The monoisotopic (exact) mass is 226 g/mol. The van der Waals surface area contributed by atoms with E-state index in [1.165, 1.54) is 19.3 Å². The van der Waals surface area contributed by atoms with E-state index in [1.54, 1.807) is 0 Å². The van der Waals surface area contributed by atoms with Gasteiger partial charge in [-0.2, -0.15) is 0 Å². The fourth-order valence-corrected chi connectivity index (χ4v) is 2.53. The molecule has 1 fully saturated rings. The minimum Gasteiger partial charge on any atom is -0.378 e. The van der Waals surface area contributed by atoms with Gasteiger partial charge in [-0.05, 0) is 19.3 Å². The Balaban J connectivity index is 2.35. The first kappa shape index (κ1) is 13.7. The third kappa shape index (κ3) is 3.89. The summed E-state index contributed by atoms with van der Waals surface area (Å²) in [5.74, 6) is 1.21. The SMILES string of the molecule is CCCCC(CC)CC(=O)C1CCOC1C. The Morgan fingerprint density at radius 1 is 1.44 bits per heavy atom. The van der Waals surface area contributed by atoms with Crippen molar-refractivity contribution in [2.75, 3.05) is 6.61 Å². The van der Waals surface area contributed by atoms with Crippen LogP contribution in [0.25, 0.3) is 0 Å². The molecule has 1 heterocycles. The number of carbonyl (C=O) groups excluding carboxylic acids is 1. The van der Waals surface area contributed by atoms with Crippen LogP contribution in [0.1, 0.15) is 59.3 Å². The van der Waals surface area contributed by atoms with Gasteiger partial charge in [-0.15, -0.1) is 0 Å². The van der Waals surface area contributed by atoms with Crippen LogP contribution in [0.15, 0.2) is 0 Å². The first-order valence-corrected chi connectivity index (χ1v) is 6.83. The minimum absolute atomic E-state index is 0.149. The first-order chi connectivity index (χ1) is 7.69. The summed E-state index contributed by atoms with van der Waals surface area (Å²) in [6.07, 6.45) is 6.68. The topological polar surface area (TPSA) is 26.3 Å². The molecule has 0 radical (unpaired) electrons. The third-order valence-corrected chi connectivity index (χ3v) is 3.82. The van der Waals surface area contributed by atoms with Crippen molar-refractivity contribution in [2.45, 2.75) is 65.4 Å². The zero-order chi connectivity index (χ0) is 12.0. The van der Waals surface area contributed by atoms with Crippen molar-refractivity contribution in [3.05, 3.63) is 0 Å². The van der Waals surface area contributed by atoms with Crippen LogP contribution in [-0.4, -0.2) is 18.5 Å². The molecule has 0 spiro atoms. The Morgan fingerprint density at radius 2 is 2.19 bits per heavy atom. The number of rotatable bonds is 7. The Morgan fingerprint density at radius 3 is 2.69 bits per heavy atom. The molecule has 0 aliphatic carbocycles. The summed E-state index contributed by atoms with van der Waals surface area (Å²) in [4.78, 5) is 12.1. The Hall–Kier alpha value is -0.370. The maximum absolute atomic E-state index is 12.1. The number of hydrogen-bond acceptors (Lipinski definition) is 2. The lowest BCUT2D eigenvalue weighted by atomic mass is 9.87. The van der Waals surface area contributed by atoms with Gasteiger partial charge in [0.1, 0.15) is 5.78 Å². The van der Waals surface area contributed by atoms with Crippen LogP contribution in [0.4, 0.5) is 0 Å². The second kappa shape index (κ2) is 7.05. The van der Waals surface area contributed by atoms with E-state index in [1.807, 2.05) is 6.92 Å². The van der Waals surface area contributed by atoms with Crippen LogP contribution in [0, 0.1) is 11.8 Å². The molecule has 3 atom stereocenters. The highest BCUT2D eigenvalue weighted by molar-refractivity contribution is 5.82. The lowest BCUT2D eigenvalue weighted by Gasteiger charge is -2.18. The molecule has 0 amide bonds. The van der Waals surface area contributed by atoms with Crippen molar-refractivity contribution in [1.29, 1.82) is 0 Å². The van der Waals surface area contributed by atoms with Crippen LogP contribution >= 0.6 is 0 Å². The smallest absolute Gasteiger partial charge is 0.138 e. The van der Waals surface area contributed by atoms with Gasteiger partial charge < -0.3 is 4.74 Å². The Labute approximate surface area is 99.8 Å². The second-order valence-electron chi connectivity index (χ2n) is 5.06. The van der Waals surface area contributed by atoms with Gasteiger partial charge in [0.05, 0.1) is 6.10 Å². The molecular formula is C14H26O2. The summed E-state index contributed by atoms with van der Waals surface area (Å²) >= 11 is 0. The van der Waals surface area contributed by atoms with E-state index in [2.05, 4.69) is 13.8 Å². The zero-order valence-corrected chi connectivity index (χ0v) is 11.0. The number of hydrogen-bond donors (Lipinski definition) is 0. The molecule has 1 aliphatic heterocycles. The van der Waals surface area contributed by atoms with Crippen molar-refractivity contribution < 1.29 is 9.53 Å². The predicted octanol–water partition coefficient (Wildman–Crippen LogP) is 3.59. The molecule has 3 unspecified atom stereocenters. The van der Waals surface area contributed by atoms with Gasteiger partial charge >= 0.3 is 0 Å². The van der Waals surface area contributed by atoms with Gasteiger partial charge in [-0.3, -0.25) is 4.79 Å². The van der Waals surface area contributed by atoms with Crippen molar-refractivity contribution in [3.8, 4) is 0 Å². The van der Waals surface area contributed by atoms with E-state index >= 15 is 0 Å². The first-order valence-electron chi connectivity index (χ1n) is 6.83. The summed E-state index contributed by atoms with van der Waals surface area (Å²) in [6.45, 7) is 7.20. The summed E-state index contributed by atoms with van der Waals surface area (Å²) in [5.41, 5.74) is 0. The van der Waals surface area contributed by atoms with Crippen molar-refractivity contribution in [2.24, 2.45) is 11.8 Å². The summed E-state index contributed by atoms with van der Waals surface area (Å²) in [7, 11) is 0. The number of unbranched alkanes of at least 4 members (excludes halogenated alkanes) is 1. The minimum atomic E-state index is 0.149. The number of ether oxygens (including phenoxy) is 1. The molecule has 0 aromatic rings. The van der Waals surface area contributed by atoms with Gasteiger partial charge in [0, 0.05) is 18.9 Å². The van der Waals surface area contributed by atoms with Gasteiger partial charge in [-0.25, -0.2) is 0 Å². The van der Waals surface area contributed by atoms with Crippen molar-refractivity contribution >= 4 is 5.78 Å². The van der Waals surface area contributed by atoms with E-state index in [0.29, 0.717) is 11.7 Å². The number of ketones is 1. The number of Topliss-reactive ketones (excluding diaryl/α,β-unsaturated/α-hetero) is 1. The third-order valence-electron chi connectivity index (χ3n) is 3.82. The molecule has 1 rings (SSSR count). The van der Waals surface area contributed by atoms with E-state index < -0.39 is 0 Å². The van der Waals surface area contributed by atoms with Crippen LogP contribution < -0.4 is 0 Å².